The molecule has 18 heavy (non-hydrogen) atoms. The maximum absolute atomic E-state index is 10.7. The molecule has 1 N–H and O–H groups in total. The van der Waals surface area contributed by atoms with E-state index < -0.39 is 4.92 Å². The Morgan fingerprint density at radius 1 is 1.61 bits per heavy atom. The van der Waals surface area contributed by atoms with Crippen LogP contribution in [0, 0.1) is 22.5 Å². The van der Waals surface area contributed by atoms with Crippen molar-refractivity contribution < 1.29 is 9.66 Å². The first-order valence-corrected chi connectivity index (χ1v) is 6.42. The van der Waals surface area contributed by atoms with Gasteiger partial charge in [0.05, 0.1) is 17.8 Å². The SMILES string of the molecule is C#CCSCCNc1ccc([N+](=O)[O-])c(OC)c1. The molecule has 5 nitrogen and oxygen atoms in total. The van der Waals surface area contributed by atoms with Crippen molar-refractivity contribution in [2.75, 3.05) is 30.5 Å². The van der Waals surface area contributed by atoms with Crippen molar-refractivity contribution in [2.24, 2.45) is 0 Å². The van der Waals surface area contributed by atoms with Gasteiger partial charge >= 0.3 is 5.69 Å². The number of methoxy groups -OCH3 is 1. The first kappa shape index (κ1) is 14.2. The van der Waals surface area contributed by atoms with Crippen LogP contribution in [0.4, 0.5) is 11.4 Å². The van der Waals surface area contributed by atoms with Crippen molar-refractivity contribution >= 4 is 23.1 Å². The Bertz CT molecular complexity index is 457. The van der Waals surface area contributed by atoms with Gasteiger partial charge in [0.25, 0.3) is 0 Å². The molecule has 0 fully saturated rings. The van der Waals surface area contributed by atoms with Gasteiger partial charge in [-0.2, -0.15) is 0 Å². The molecule has 0 saturated carbocycles. The Hall–Kier alpha value is -1.87. The second-order valence-electron chi connectivity index (χ2n) is 3.33. The fraction of sp³-hybridized carbons (Fsp3) is 0.333. The number of nitrogens with one attached hydrogen (secondary N) is 1. The molecule has 0 atom stereocenters. The number of rotatable bonds is 7. The summed E-state index contributed by atoms with van der Waals surface area (Å²) in [6, 6.07) is 4.70. The number of ether oxygens (including phenoxy) is 1. The molecule has 0 radical (unpaired) electrons. The molecule has 96 valence electrons. The first-order valence-electron chi connectivity index (χ1n) is 5.26. The molecule has 0 heterocycles. The van der Waals surface area contributed by atoms with E-state index in [1.807, 2.05) is 0 Å². The van der Waals surface area contributed by atoms with E-state index in [1.54, 1.807) is 23.9 Å². The van der Waals surface area contributed by atoms with Crippen molar-refractivity contribution in [1.29, 1.82) is 0 Å². The molecule has 0 aromatic heterocycles. The van der Waals surface area contributed by atoms with Crippen LogP contribution in [0.1, 0.15) is 0 Å². The van der Waals surface area contributed by atoms with Gasteiger partial charge < -0.3 is 10.1 Å². The van der Waals surface area contributed by atoms with Gasteiger partial charge in [0.2, 0.25) is 0 Å². The molecule has 1 aromatic rings. The van der Waals surface area contributed by atoms with E-state index in [2.05, 4.69) is 11.2 Å². The standard InChI is InChI=1S/C12H14N2O3S/c1-3-7-18-8-6-13-10-4-5-11(14(15)16)12(9-10)17-2/h1,4-5,9,13H,6-8H2,2H3. The fourth-order valence-corrected chi connectivity index (χ4v) is 1.85. The molecular formula is C12H14N2O3S. The number of hydrogen-bond donors (Lipinski definition) is 1. The van der Waals surface area contributed by atoms with E-state index in [0.717, 1.165) is 18.0 Å². The number of anilines is 1. The third-order valence-corrected chi connectivity index (χ3v) is 3.00. The van der Waals surface area contributed by atoms with Gasteiger partial charge in [0, 0.05) is 30.1 Å². The second-order valence-corrected chi connectivity index (χ2v) is 4.43. The summed E-state index contributed by atoms with van der Waals surface area (Å²) < 4.78 is 4.98. The summed E-state index contributed by atoms with van der Waals surface area (Å²) in [6.07, 6.45) is 5.13. The predicted molar refractivity (Wildman–Crippen MR) is 74.3 cm³/mol. The molecule has 1 aromatic carbocycles. The quantitative estimate of drug-likeness (QED) is 0.355. The minimum atomic E-state index is -0.467. The lowest BCUT2D eigenvalue weighted by Crippen LogP contribution is -2.05. The van der Waals surface area contributed by atoms with Crippen LogP contribution in [0.3, 0.4) is 0 Å². The minimum absolute atomic E-state index is 0.0373. The van der Waals surface area contributed by atoms with Crippen molar-refractivity contribution in [1.82, 2.24) is 0 Å². The fourth-order valence-electron chi connectivity index (χ4n) is 1.34. The maximum Gasteiger partial charge on any atom is 0.311 e. The Morgan fingerprint density at radius 3 is 3.00 bits per heavy atom. The highest BCUT2D eigenvalue weighted by molar-refractivity contribution is 7.99. The van der Waals surface area contributed by atoms with Gasteiger partial charge in [0.1, 0.15) is 0 Å². The Morgan fingerprint density at radius 2 is 2.39 bits per heavy atom. The lowest BCUT2D eigenvalue weighted by atomic mass is 10.2. The molecular weight excluding hydrogens is 252 g/mol. The van der Waals surface area contributed by atoms with Crippen LogP contribution < -0.4 is 10.1 Å². The average molecular weight is 266 g/mol. The minimum Gasteiger partial charge on any atom is -0.490 e. The Labute approximate surface area is 110 Å². The molecule has 1 rings (SSSR count). The number of terminal acetylenes is 1. The van der Waals surface area contributed by atoms with Crippen LogP contribution in [0.25, 0.3) is 0 Å². The van der Waals surface area contributed by atoms with Crippen molar-refractivity contribution in [3.8, 4) is 18.1 Å². The topological polar surface area (TPSA) is 64.4 Å². The van der Waals surface area contributed by atoms with E-state index in [9.17, 15) is 10.1 Å². The average Bonchev–Trinajstić information content (AvgIpc) is 2.38. The predicted octanol–water partition coefficient (Wildman–Crippen LogP) is 2.38. The smallest absolute Gasteiger partial charge is 0.311 e. The number of thioether (sulfide) groups is 1. The van der Waals surface area contributed by atoms with Gasteiger partial charge in [-0.05, 0) is 6.07 Å². The summed E-state index contributed by atoms with van der Waals surface area (Å²) in [5.41, 5.74) is 0.753. The lowest BCUT2D eigenvalue weighted by molar-refractivity contribution is -0.385. The summed E-state index contributed by atoms with van der Waals surface area (Å²) in [5, 5.41) is 13.9. The highest BCUT2D eigenvalue weighted by Gasteiger charge is 2.14. The molecule has 0 spiro atoms. The van der Waals surface area contributed by atoms with Crippen LogP contribution in [-0.4, -0.2) is 30.1 Å². The zero-order chi connectivity index (χ0) is 13.4. The summed E-state index contributed by atoms with van der Waals surface area (Å²) in [4.78, 5) is 10.2. The van der Waals surface area contributed by atoms with Crippen LogP contribution in [-0.2, 0) is 0 Å². The number of benzene rings is 1. The highest BCUT2D eigenvalue weighted by Crippen LogP contribution is 2.29. The normalized spacial score (nSPS) is 9.56. The van der Waals surface area contributed by atoms with Crippen LogP contribution in [0.5, 0.6) is 5.75 Å². The van der Waals surface area contributed by atoms with E-state index >= 15 is 0 Å². The van der Waals surface area contributed by atoms with Crippen molar-refractivity contribution in [3.63, 3.8) is 0 Å². The number of hydrogen-bond acceptors (Lipinski definition) is 5. The zero-order valence-electron chi connectivity index (χ0n) is 10.0. The molecule has 0 unspecified atom stereocenters. The largest absolute Gasteiger partial charge is 0.490 e. The number of nitrogens with zero attached hydrogens (tertiary/aromatic N) is 1. The van der Waals surface area contributed by atoms with Crippen LogP contribution >= 0.6 is 11.8 Å². The van der Waals surface area contributed by atoms with E-state index in [1.165, 1.54) is 13.2 Å². The first-order chi connectivity index (χ1) is 8.69. The molecule has 0 aliphatic rings. The van der Waals surface area contributed by atoms with Crippen molar-refractivity contribution in [3.05, 3.63) is 28.3 Å². The van der Waals surface area contributed by atoms with Crippen molar-refractivity contribution in [2.45, 2.75) is 0 Å². The summed E-state index contributed by atoms with van der Waals surface area (Å²) in [5.74, 6) is 4.36. The summed E-state index contributed by atoms with van der Waals surface area (Å²) in [6.45, 7) is 0.743. The molecule has 0 bridgehead atoms. The molecule has 0 amide bonds. The van der Waals surface area contributed by atoms with Crippen LogP contribution in [0.2, 0.25) is 0 Å². The highest BCUT2D eigenvalue weighted by atomic mass is 32.2. The second kappa shape index (κ2) is 7.45. The zero-order valence-corrected chi connectivity index (χ0v) is 10.8. The van der Waals surface area contributed by atoms with E-state index in [4.69, 9.17) is 11.2 Å². The van der Waals surface area contributed by atoms with E-state index in [0.29, 0.717) is 5.75 Å². The van der Waals surface area contributed by atoms with Gasteiger partial charge in [-0.15, -0.1) is 18.2 Å². The van der Waals surface area contributed by atoms with Gasteiger partial charge in [-0.25, -0.2) is 0 Å². The van der Waals surface area contributed by atoms with E-state index in [-0.39, 0.29) is 11.4 Å². The number of nitro benzene ring substituents is 1. The maximum atomic E-state index is 10.7. The van der Waals surface area contributed by atoms with Gasteiger partial charge in [-0.3, -0.25) is 10.1 Å². The monoisotopic (exact) mass is 266 g/mol. The molecule has 0 aliphatic carbocycles. The van der Waals surface area contributed by atoms with Gasteiger partial charge in [-0.1, -0.05) is 5.92 Å². The van der Waals surface area contributed by atoms with Crippen LogP contribution in [0.15, 0.2) is 18.2 Å². The molecule has 0 saturated heterocycles. The third kappa shape index (κ3) is 4.18. The summed E-state index contributed by atoms with van der Waals surface area (Å²) >= 11 is 1.65. The summed E-state index contributed by atoms with van der Waals surface area (Å²) in [7, 11) is 1.41. The van der Waals surface area contributed by atoms with Gasteiger partial charge in [0.15, 0.2) is 5.75 Å². The lowest BCUT2D eigenvalue weighted by Gasteiger charge is -2.07. The third-order valence-electron chi connectivity index (χ3n) is 2.14. The Kier molecular flexibility index (Phi) is 5.88. The number of nitro groups is 1. The Balaban J connectivity index is 2.58. The molecule has 0 aliphatic heterocycles. The molecule has 6 heteroatoms.